The van der Waals surface area contributed by atoms with Crippen LogP contribution in [0, 0.1) is 0 Å². The van der Waals surface area contributed by atoms with Crippen molar-refractivity contribution in [2.75, 3.05) is 7.05 Å². The van der Waals surface area contributed by atoms with Gasteiger partial charge in [-0.05, 0) is 32.5 Å². The summed E-state index contributed by atoms with van der Waals surface area (Å²) in [5, 5.41) is 11.7. The van der Waals surface area contributed by atoms with Gasteiger partial charge in [-0.25, -0.2) is 9.67 Å². The second-order valence-electron chi connectivity index (χ2n) is 5.37. The SMILES string of the molecule is CCc1c(-c2nc(CC(C)NC)no2)cnn1-c1ccccn1.Cl. The van der Waals surface area contributed by atoms with E-state index in [1.54, 1.807) is 12.4 Å². The number of likely N-dealkylation sites (N-methyl/N-ethyl adjacent to an activating group) is 1. The highest BCUT2D eigenvalue weighted by Crippen LogP contribution is 2.24. The van der Waals surface area contributed by atoms with Crippen molar-refractivity contribution in [3.8, 4) is 17.3 Å². The van der Waals surface area contributed by atoms with Gasteiger partial charge in [0.2, 0.25) is 0 Å². The van der Waals surface area contributed by atoms with Crippen LogP contribution in [-0.4, -0.2) is 38.0 Å². The molecule has 0 spiro atoms. The van der Waals surface area contributed by atoms with Crippen molar-refractivity contribution in [1.29, 1.82) is 0 Å². The predicted molar refractivity (Wildman–Crippen MR) is 93.5 cm³/mol. The Morgan fingerprint density at radius 2 is 2.17 bits per heavy atom. The van der Waals surface area contributed by atoms with Gasteiger partial charge in [-0.1, -0.05) is 18.1 Å². The summed E-state index contributed by atoms with van der Waals surface area (Å²) in [7, 11) is 1.91. The van der Waals surface area contributed by atoms with E-state index in [1.807, 2.05) is 29.9 Å². The molecule has 0 bridgehead atoms. The minimum atomic E-state index is 0. The van der Waals surface area contributed by atoms with Gasteiger partial charge < -0.3 is 9.84 Å². The highest BCUT2D eigenvalue weighted by molar-refractivity contribution is 5.85. The van der Waals surface area contributed by atoms with E-state index in [2.05, 4.69) is 39.4 Å². The Balaban J connectivity index is 0.00000208. The largest absolute Gasteiger partial charge is 0.334 e. The van der Waals surface area contributed by atoms with Gasteiger partial charge in [0.1, 0.15) is 0 Å². The van der Waals surface area contributed by atoms with Crippen LogP contribution in [0.25, 0.3) is 17.3 Å². The molecule has 3 aromatic heterocycles. The van der Waals surface area contributed by atoms with Gasteiger partial charge in [-0.2, -0.15) is 10.1 Å². The first-order chi connectivity index (χ1) is 11.2. The van der Waals surface area contributed by atoms with Crippen molar-refractivity contribution in [3.05, 3.63) is 42.1 Å². The number of aromatic nitrogens is 5. The summed E-state index contributed by atoms with van der Waals surface area (Å²) in [6.07, 6.45) is 5.01. The highest BCUT2D eigenvalue weighted by atomic mass is 35.5. The molecule has 24 heavy (non-hydrogen) atoms. The van der Waals surface area contributed by atoms with Crippen LogP contribution < -0.4 is 5.32 Å². The number of halogens is 1. The Labute approximate surface area is 146 Å². The lowest BCUT2D eigenvalue weighted by molar-refractivity contribution is 0.418. The maximum atomic E-state index is 5.43. The van der Waals surface area contributed by atoms with Gasteiger partial charge in [-0.3, -0.25) is 0 Å². The third-order valence-electron chi connectivity index (χ3n) is 3.75. The standard InChI is InChI=1S/C16H20N6O.ClH/c1-4-13-12(10-19-22(13)15-7-5-6-8-18-15)16-20-14(21-23-16)9-11(2)17-3;/h5-8,10-11,17H,4,9H2,1-3H3;1H. The fourth-order valence-corrected chi connectivity index (χ4v) is 2.39. The molecule has 8 heteroatoms. The van der Waals surface area contributed by atoms with Crippen LogP contribution in [0.3, 0.4) is 0 Å². The van der Waals surface area contributed by atoms with Gasteiger partial charge in [0.15, 0.2) is 11.6 Å². The molecule has 7 nitrogen and oxygen atoms in total. The summed E-state index contributed by atoms with van der Waals surface area (Å²) < 4.78 is 7.24. The minimum Gasteiger partial charge on any atom is -0.334 e. The van der Waals surface area contributed by atoms with Crippen LogP contribution in [-0.2, 0) is 12.8 Å². The molecule has 0 aromatic carbocycles. The molecular formula is C16H21ClN6O. The zero-order valence-corrected chi connectivity index (χ0v) is 14.7. The second-order valence-corrected chi connectivity index (χ2v) is 5.37. The van der Waals surface area contributed by atoms with Gasteiger partial charge in [0, 0.05) is 18.7 Å². The molecule has 0 aliphatic carbocycles. The molecule has 0 saturated carbocycles. The van der Waals surface area contributed by atoms with Gasteiger partial charge in [0.05, 0.1) is 17.5 Å². The fourth-order valence-electron chi connectivity index (χ4n) is 2.39. The monoisotopic (exact) mass is 348 g/mol. The molecule has 3 heterocycles. The van der Waals surface area contributed by atoms with Gasteiger partial charge >= 0.3 is 0 Å². The Bertz CT molecular complexity index is 770. The van der Waals surface area contributed by atoms with Crippen molar-refractivity contribution in [2.45, 2.75) is 32.7 Å². The predicted octanol–water partition coefficient (Wildman–Crippen LogP) is 2.45. The van der Waals surface area contributed by atoms with Gasteiger partial charge in [-0.15, -0.1) is 12.4 Å². The first-order valence-electron chi connectivity index (χ1n) is 7.71. The molecule has 128 valence electrons. The Kier molecular flexibility index (Phi) is 6.05. The average Bonchev–Trinajstić information content (AvgIpc) is 3.21. The van der Waals surface area contributed by atoms with Gasteiger partial charge in [0.25, 0.3) is 5.89 Å². The van der Waals surface area contributed by atoms with E-state index in [-0.39, 0.29) is 12.4 Å². The highest BCUT2D eigenvalue weighted by Gasteiger charge is 2.18. The second kappa shape index (κ2) is 8.03. The van der Waals surface area contributed by atoms with Crippen LogP contribution in [0.15, 0.2) is 35.1 Å². The molecule has 1 N–H and O–H groups in total. The number of nitrogens with zero attached hydrogens (tertiary/aromatic N) is 5. The summed E-state index contributed by atoms with van der Waals surface area (Å²) in [4.78, 5) is 8.84. The average molecular weight is 349 g/mol. The van der Waals surface area contributed by atoms with E-state index in [1.165, 1.54) is 0 Å². The Hall–Kier alpha value is -2.25. The normalized spacial score (nSPS) is 12.0. The topological polar surface area (TPSA) is 81.7 Å². The molecule has 1 unspecified atom stereocenters. The summed E-state index contributed by atoms with van der Waals surface area (Å²) >= 11 is 0. The molecule has 3 aromatic rings. The van der Waals surface area contributed by atoms with Crippen molar-refractivity contribution >= 4 is 12.4 Å². The van der Waals surface area contributed by atoms with Crippen LogP contribution in [0.1, 0.15) is 25.4 Å². The smallest absolute Gasteiger partial charge is 0.261 e. The minimum absolute atomic E-state index is 0. The van der Waals surface area contributed by atoms with E-state index < -0.39 is 0 Å². The van der Waals surface area contributed by atoms with E-state index in [0.29, 0.717) is 17.8 Å². The maximum Gasteiger partial charge on any atom is 0.261 e. The first kappa shape index (κ1) is 18.1. The van der Waals surface area contributed by atoms with Crippen molar-refractivity contribution < 1.29 is 4.52 Å². The molecule has 0 aliphatic rings. The summed E-state index contributed by atoms with van der Waals surface area (Å²) in [6, 6.07) is 6.03. The Morgan fingerprint density at radius 1 is 1.33 bits per heavy atom. The summed E-state index contributed by atoms with van der Waals surface area (Å²) in [6.45, 7) is 4.15. The van der Waals surface area contributed by atoms with E-state index >= 15 is 0 Å². The number of nitrogens with one attached hydrogen (secondary N) is 1. The molecule has 0 radical (unpaired) electrons. The van der Waals surface area contributed by atoms with E-state index in [4.69, 9.17) is 4.52 Å². The molecular weight excluding hydrogens is 328 g/mol. The number of rotatable bonds is 6. The Morgan fingerprint density at radius 3 is 2.83 bits per heavy atom. The van der Waals surface area contributed by atoms with Crippen LogP contribution in [0.5, 0.6) is 0 Å². The fraction of sp³-hybridized carbons (Fsp3) is 0.375. The zero-order valence-electron chi connectivity index (χ0n) is 13.9. The summed E-state index contributed by atoms with van der Waals surface area (Å²) in [5.41, 5.74) is 1.86. The lowest BCUT2D eigenvalue weighted by atomic mass is 10.2. The van der Waals surface area contributed by atoms with Crippen molar-refractivity contribution in [1.82, 2.24) is 30.2 Å². The zero-order chi connectivity index (χ0) is 16.2. The third-order valence-corrected chi connectivity index (χ3v) is 3.75. The number of pyridine rings is 1. The summed E-state index contributed by atoms with van der Waals surface area (Å²) in [5.74, 6) is 1.97. The molecule has 0 fully saturated rings. The quantitative estimate of drug-likeness (QED) is 0.736. The number of hydrogen-bond donors (Lipinski definition) is 1. The lowest BCUT2D eigenvalue weighted by Crippen LogP contribution is -2.24. The van der Waals surface area contributed by atoms with E-state index in [0.717, 1.165) is 29.9 Å². The van der Waals surface area contributed by atoms with Crippen LogP contribution in [0.4, 0.5) is 0 Å². The van der Waals surface area contributed by atoms with Crippen LogP contribution >= 0.6 is 12.4 Å². The first-order valence-corrected chi connectivity index (χ1v) is 7.71. The lowest BCUT2D eigenvalue weighted by Gasteiger charge is -2.05. The van der Waals surface area contributed by atoms with Crippen LogP contribution in [0.2, 0.25) is 0 Å². The molecule has 3 rings (SSSR count). The maximum absolute atomic E-state index is 5.43. The van der Waals surface area contributed by atoms with Crippen molar-refractivity contribution in [3.63, 3.8) is 0 Å². The molecule has 0 aliphatic heterocycles. The third kappa shape index (κ3) is 3.63. The molecule has 0 saturated heterocycles. The van der Waals surface area contributed by atoms with Crippen molar-refractivity contribution in [2.24, 2.45) is 0 Å². The molecule has 1 atom stereocenters. The number of hydrogen-bond acceptors (Lipinski definition) is 6. The van der Waals surface area contributed by atoms with E-state index in [9.17, 15) is 0 Å². The molecule has 0 amide bonds.